The van der Waals surface area contributed by atoms with Crippen LogP contribution in [0.4, 0.5) is 15.8 Å². The third kappa shape index (κ3) is 3.25. The molecule has 0 spiro atoms. The van der Waals surface area contributed by atoms with E-state index in [1.807, 2.05) is 0 Å². The van der Waals surface area contributed by atoms with Gasteiger partial charge in [0, 0.05) is 19.0 Å². The number of amides is 1. The fourth-order valence-corrected chi connectivity index (χ4v) is 2.08. The summed E-state index contributed by atoms with van der Waals surface area (Å²) in [4.78, 5) is 32.0. The van der Waals surface area contributed by atoms with Gasteiger partial charge in [-0.3, -0.25) is 14.9 Å². The first-order valence-corrected chi connectivity index (χ1v) is 6.13. The van der Waals surface area contributed by atoms with Crippen molar-refractivity contribution in [2.45, 2.75) is 18.9 Å². The average molecular weight is 297 g/mol. The van der Waals surface area contributed by atoms with Crippen LogP contribution in [-0.2, 0) is 4.79 Å². The molecule has 0 radical (unpaired) electrons. The molecular formula is C12H12FN3O5. The Hall–Kier alpha value is -2.71. The van der Waals surface area contributed by atoms with Crippen LogP contribution in [0.1, 0.15) is 23.2 Å². The van der Waals surface area contributed by atoms with Gasteiger partial charge in [-0.15, -0.1) is 0 Å². The molecule has 21 heavy (non-hydrogen) atoms. The summed E-state index contributed by atoms with van der Waals surface area (Å²) in [5.41, 5.74) is -1.31. The zero-order chi connectivity index (χ0) is 15.6. The first kappa shape index (κ1) is 14.7. The summed E-state index contributed by atoms with van der Waals surface area (Å²) in [5.74, 6) is -2.80. The second kappa shape index (κ2) is 5.73. The molecular weight excluding hydrogens is 285 g/mol. The lowest BCUT2D eigenvalue weighted by atomic mass is 10.1. The quantitative estimate of drug-likeness (QED) is 0.553. The molecule has 2 rings (SSSR count). The molecule has 1 fully saturated rings. The molecule has 1 heterocycles. The number of nitrogens with one attached hydrogen (secondary N) is 2. The zero-order valence-corrected chi connectivity index (χ0v) is 10.8. The van der Waals surface area contributed by atoms with Gasteiger partial charge in [0.15, 0.2) is 0 Å². The molecule has 1 saturated heterocycles. The highest BCUT2D eigenvalue weighted by Crippen LogP contribution is 2.28. The molecule has 1 aliphatic rings. The van der Waals surface area contributed by atoms with Crippen LogP contribution in [0.3, 0.4) is 0 Å². The van der Waals surface area contributed by atoms with Crippen LogP contribution in [-0.4, -0.2) is 34.5 Å². The van der Waals surface area contributed by atoms with E-state index in [-0.39, 0.29) is 24.2 Å². The zero-order valence-electron chi connectivity index (χ0n) is 10.8. The van der Waals surface area contributed by atoms with Crippen molar-refractivity contribution in [3.63, 3.8) is 0 Å². The van der Waals surface area contributed by atoms with E-state index in [9.17, 15) is 24.1 Å². The lowest BCUT2D eigenvalue weighted by Crippen LogP contribution is -2.32. The number of hydrogen-bond acceptors (Lipinski definition) is 5. The predicted octanol–water partition coefficient (Wildman–Crippen LogP) is 1.12. The normalized spacial score (nSPS) is 17.4. The predicted molar refractivity (Wildman–Crippen MR) is 69.7 cm³/mol. The van der Waals surface area contributed by atoms with E-state index >= 15 is 0 Å². The second-order valence-electron chi connectivity index (χ2n) is 4.60. The minimum Gasteiger partial charge on any atom is -0.478 e. The number of carboxylic acid groups (broad SMARTS) is 1. The maximum absolute atomic E-state index is 13.5. The minimum atomic E-state index is -1.51. The van der Waals surface area contributed by atoms with Crippen molar-refractivity contribution in [2.75, 3.05) is 11.9 Å². The number of nitro benzene ring substituents is 1. The van der Waals surface area contributed by atoms with E-state index in [1.165, 1.54) is 0 Å². The molecule has 0 aromatic heterocycles. The molecule has 1 unspecified atom stereocenters. The topological polar surface area (TPSA) is 122 Å². The Balaban J connectivity index is 2.23. The maximum atomic E-state index is 13.5. The first-order chi connectivity index (χ1) is 9.88. The Morgan fingerprint density at radius 1 is 1.57 bits per heavy atom. The van der Waals surface area contributed by atoms with Gasteiger partial charge >= 0.3 is 5.97 Å². The van der Waals surface area contributed by atoms with E-state index in [4.69, 9.17) is 5.11 Å². The van der Waals surface area contributed by atoms with Crippen LogP contribution in [0.15, 0.2) is 12.1 Å². The molecule has 0 bridgehead atoms. The van der Waals surface area contributed by atoms with Gasteiger partial charge in [-0.1, -0.05) is 0 Å². The Kier molecular flexibility index (Phi) is 4.01. The highest BCUT2D eigenvalue weighted by molar-refractivity contribution is 5.90. The average Bonchev–Trinajstić information content (AvgIpc) is 2.82. The van der Waals surface area contributed by atoms with E-state index < -0.39 is 28.0 Å². The number of carbonyl (C=O) groups excluding carboxylic acids is 1. The summed E-state index contributed by atoms with van der Waals surface area (Å²) in [6, 6.07) is 1.25. The molecule has 112 valence electrons. The smallest absolute Gasteiger partial charge is 0.338 e. The Bertz CT molecular complexity index is 619. The number of halogens is 1. The molecule has 0 aliphatic carbocycles. The number of aromatic carboxylic acids is 1. The van der Waals surface area contributed by atoms with Crippen molar-refractivity contribution in [1.82, 2.24) is 5.32 Å². The third-order valence-corrected chi connectivity index (χ3v) is 3.14. The van der Waals surface area contributed by atoms with E-state index in [2.05, 4.69) is 10.6 Å². The largest absolute Gasteiger partial charge is 0.478 e. The van der Waals surface area contributed by atoms with Crippen LogP contribution in [0, 0.1) is 15.9 Å². The summed E-state index contributed by atoms with van der Waals surface area (Å²) in [7, 11) is 0. The standard InChI is InChI=1S/C12H12FN3O5/c13-8-4-10(16(20)21)9(3-7(8)12(18)19)14-5-6-1-2-11(17)15-6/h3-4,6,14H,1-2,5H2,(H,15,17)(H,18,19). The summed E-state index contributed by atoms with van der Waals surface area (Å²) in [6.45, 7) is 0.192. The van der Waals surface area contributed by atoms with Gasteiger partial charge in [0.2, 0.25) is 5.91 Å². The molecule has 0 saturated carbocycles. The number of benzene rings is 1. The Morgan fingerprint density at radius 3 is 2.81 bits per heavy atom. The van der Waals surface area contributed by atoms with Crippen LogP contribution in [0.2, 0.25) is 0 Å². The lowest BCUT2D eigenvalue weighted by Gasteiger charge is -2.13. The minimum absolute atomic E-state index is 0.0973. The van der Waals surface area contributed by atoms with Gasteiger partial charge in [-0.25, -0.2) is 9.18 Å². The number of carbonyl (C=O) groups is 2. The summed E-state index contributed by atoms with van der Waals surface area (Å²) in [6.07, 6.45) is 0.949. The molecule has 1 amide bonds. The number of anilines is 1. The number of carboxylic acids is 1. The molecule has 8 nitrogen and oxygen atoms in total. The van der Waals surface area contributed by atoms with Crippen LogP contribution >= 0.6 is 0 Å². The summed E-state index contributed by atoms with van der Waals surface area (Å²) >= 11 is 0. The molecule has 9 heteroatoms. The van der Waals surface area contributed by atoms with Crippen molar-refractivity contribution in [3.05, 3.63) is 33.6 Å². The van der Waals surface area contributed by atoms with E-state index in [1.54, 1.807) is 0 Å². The van der Waals surface area contributed by atoms with Gasteiger partial charge in [-0.2, -0.15) is 0 Å². The molecule has 1 aromatic carbocycles. The second-order valence-corrected chi connectivity index (χ2v) is 4.60. The SMILES string of the molecule is O=C1CCC(CNc2cc(C(=O)O)c(F)cc2[N+](=O)[O-])N1. The number of nitrogens with zero attached hydrogens (tertiary/aromatic N) is 1. The third-order valence-electron chi connectivity index (χ3n) is 3.14. The van der Waals surface area contributed by atoms with Crippen molar-refractivity contribution in [2.24, 2.45) is 0 Å². The van der Waals surface area contributed by atoms with Crippen molar-refractivity contribution in [1.29, 1.82) is 0 Å². The highest BCUT2D eigenvalue weighted by atomic mass is 19.1. The number of nitro groups is 1. The molecule has 1 aliphatic heterocycles. The lowest BCUT2D eigenvalue weighted by molar-refractivity contribution is -0.384. The van der Waals surface area contributed by atoms with Crippen LogP contribution in [0.5, 0.6) is 0 Å². The van der Waals surface area contributed by atoms with Crippen molar-refractivity contribution >= 4 is 23.3 Å². The number of hydrogen-bond donors (Lipinski definition) is 3. The molecule has 1 aromatic rings. The molecule has 1 atom stereocenters. The van der Waals surface area contributed by atoms with Gasteiger partial charge < -0.3 is 15.7 Å². The van der Waals surface area contributed by atoms with E-state index in [0.29, 0.717) is 18.9 Å². The van der Waals surface area contributed by atoms with E-state index in [0.717, 1.165) is 6.07 Å². The maximum Gasteiger partial charge on any atom is 0.338 e. The number of rotatable bonds is 5. The van der Waals surface area contributed by atoms with Crippen LogP contribution in [0.25, 0.3) is 0 Å². The van der Waals surface area contributed by atoms with Crippen molar-refractivity contribution in [3.8, 4) is 0 Å². The highest BCUT2D eigenvalue weighted by Gasteiger charge is 2.24. The van der Waals surface area contributed by atoms with Gasteiger partial charge in [-0.05, 0) is 12.5 Å². The fourth-order valence-electron chi connectivity index (χ4n) is 2.08. The van der Waals surface area contributed by atoms with Gasteiger partial charge in [0.1, 0.15) is 11.5 Å². The molecule has 3 N–H and O–H groups in total. The monoisotopic (exact) mass is 297 g/mol. The summed E-state index contributed by atoms with van der Waals surface area (Å²) < 4.78 is 13.5. The Morgan fingerprint density at radius 2 is 2.29 bits per heavy atom. The Labute approximate surface area is 118 Å². The van der Waals surface area contributed by atoms with Crippen LogP contribution < -0.4 is 10.6 Å². The van der Waals surface area contributed by atoms with Crippen molar-refractivity contribution < 1.29 is 24.0 Å². The van der Waals surface area contributed by atoms with Gasteiger partial charge in [0.25, 0.3) is 5.69 Å². The fraction of sp³-hybridized carbons (Fsp3) is 0.333. The first-order valence-electron chi connectivity index (χ1n) is 6.13. The van der Waals surface area contributed by atoms with Gasteiger partial charge in [0.05, 0.1) is 16.6 Å². The summed E-state index contributed by atoms with van der Waals surface area (Å²) in [5, 5.41) is 25.1.